The first-order chi connectivity index (χ1) is 17.3. The Morgan fingerprint density at radius 1 is 1.00 bits per heavy atom. The Morgan fingerprint density at radius 2 is 1.86 bits per heavy atom. The van der Waals surface area contributed by atoms with E-state index in [4.69, 9.17) is 4.74 Å². The Morgan fingerprint density at radius 3 is 2.66 bits per heavy atom. The summed E-state index contributed by atoms with van der Waals surface area (Å²) in [5, 5.41) is 23.1. The summed E-state index contributed by atoms with van der Waals surface area (Å²) < 4.78 is 8.27. The molecule has 0 amide bonds. The predicted octanol–water partition coefficient (Wildman–Crippen LogP) is 4.31. The highest BCUT2D eigenvalue weighted by Gasteiger charge is 2.25. The fourth-order valence-corrected chi connectivity index (χ4v) is 5.66. The molecular weight excluding hydrogens is 460 g/mol. The smallest absolute Gasteiger partial charge is 0.228 e. The van der Waals surface area contributed by atoms with Crippen molar-refractivity contribution in [1.82, 2.24) is 35.0 Å². The number of aromatic nitrogens is 7. The highest BCUT2D eigenvalue weighted by molar-refractivity contribution is 7.99. The van der Waals surface area contributed by atoms with Crippen LogP contribution >= 0.6 is 11.8 Å². The van der Waals surface area contributed by atoms with Crippen molar-refractivity contribution in [3.8, 4) is 11.4 Å². The lowest BCUT2D eigenvalue weighted by Crippen LogP contribution is -2.35. The zero-order chi connectivity index (χ0) is 23.9. The minimum atomic E-state index is 0.281. The molecule has 1 aromatic carbocycles. The van der Waals surface area contributed by atoms with Crippen LogP contribution in [0.5, 0.6) is 0 Å². The largest absolute Gasteiger partial charge is 0.376 e. The van der Waals surface area contributed by atoms with Gasteiger partial charge in [-0.25, -0.2) is 0 Å². The van der Waals surface area contributed by atoms with E-state index in [9.17, 15) is 0 Å². The first-order valence-electron chi connectivity index (χ1n) is 13.0. The van der Waals surface area contributed by atoms with E-state index in [1.54, 1.807) is 4.80 Å². The van der Waals surface area contributed by atoms with Crippen LogP contribution in [0.15, 0.2) is 35.5 Å². The second-order valence-electron chi connectivity index (χ2n) is 9.68. The highest BCUT2D eigenvalue weighted by atomic mass is 32.2. The molecule has 35 heavy (non-hydrogen) atoms. The molecule has 2 aromatic heterocycles. The van der Waals surface area contributed by atoms with Gasteiger partial charge in [-0.15, -0.1) is 20.4 Å². The van der Waals surface area contributed by atoms with Gasteiger partial charge in [0.25, 0.3) is 0 Å². The molecule has 2 saturated heterocycles. The van der Waals surface area contributed by atoms with Crippen LogP contribution in [-0.2, 0) is 17.8 Å². The molecule has 2 aliphatic rings. The number of tetrazole rings is 1. The molecule has 0 radical (unpaired) electrons. The lowest BCUT2D eigenvalue weighted by molar-refractivity contribution is 0.0951. The van der Waals surface area contributed by atoms with Crippen LogP contribution in [0.4, 0.5) is 5.95 Å². The average molecular weight is 497 g/mol. The topological polar surface area (TPSA) is 86.8 Å². The molecular formula is C25H36N8OS. The van der Waals surface area contributed by atoms with Crippen molar-refractivity contribution in [2.24, 2.45) is 5.92 Å². The van der Waals surface area contributed by atoms with E-state index in [1.165, 1.54) is 12.8 Å². The summed E-state index contributed by atoms with van der Waals surface area (Å²) in [7, 11) is 0. The zero-order valence-electron chi connectivity index (χ0n) is 20.6. The molecule has 1 unspecified atom stereocenters. The van der Waals surface area contributed by atoms with Crippen LogP contribution in [-0.4, -0.2) is 66.5 Å². The number of nitrogens with zero attached hydrogens (tertiary/aromatic N) is 8. The summed E-state index contributed by atoms with van der Waals surface area (Å²) in [5.74, 6) is 3.54. The van der Waals surface area contributed by atoms with Gasteiger partial charge in [-0.05, 0) is 49.7 Å². The van der Waals surface area contributed by atoms with Crippen molar-refractivity contribution in [2.75, 3.05) is 30.3 Å². The Hall–Kier alpha value is -2.46. The first-order valence-corrected chi connectivity index (χ1v) is 14.0. The second-order valence-corrected chi connectivity index (χ2v) is 10.7. The van der Waals surface area contributed by atoms with Gasteiger partial charge in [0.05, 0.1) is 19.2 Å². The molecule has 9 nitrogen and oxygen atoms in total. The molecule has 5 rings (SSSR count). The minimum Gasteiger partial charge on any atom is -0.376 e. The van der Waals surface area contributed by atoms with Crippen molar-refractivity contribution in [2.45, 2.75) is 76.2 Å². The number of benzene rings is 1. The number of hydrogen-bond donors (Lipinski definition) is 0. The number of aryl methyl sites for hydroxylation is 1. The number of ether oxygens (including phenoxy) is 1. The zero-order valence-corrected chi connectivity index (χ0v) is 21.4. The number of thioether (sulfide) groups is 1. The maximum atomic E-state index is 5.95. The van der Waals surface area contributed by atoms with Gasteiger partial charge in [0, 0.05) is 31.0 Å². The molecule has 3 aromatic rings. The van der Waals surface area contributed by atoms with Crippen LogP contribution in [0.25, 0.3) is 11.4 Å². The number of hydrogen-bond acceptors (Lipinski definition) is 8. The lowest BCUT2D eigenvalue weighted by atomic mass is 10.00. The van der Waals surface area contributed by atoms with Crippen LogP contribution in [0.1, 0.15) is 51.9 Å². The third-order valence-electron chi connectivity index (χ3n) is 6.89. The van der Waals surface area contributed by atoms with Gasteiger partial charge in [0.1, 0.15) is 0 Å². The maximum Gasteiger partial charge on any atom is 0.228 e. The fraction of sp³-hybridized carbons (Fsp3) is 0.640. The average Bonchev–Trinajstić information content (AvgIpc) is 3.65. The van der Waals surface area contributed by atoms with Crippen LogP contribution in [0, 0.1) is 5.92 Å². The van der Waals surface area contributed by atoms with Crippen LogP contribution < -0.4 is 4.90 Å². The fourth-order valence-electron chi connectivity index (χ4n) is 4.72. The molecule has 188 valence electrons. The van der Waals surface area contributed by atoms with Gasteiger partial charge in [0.2, 0.25) is 11.8 Å². The van der Waals surface area contributed by atoms with E-state index in [0.29, 0.717) is 5.82 Å². The Labute approximate surface area is 211 Å². The Bertz CT molecular complexity index is 1040. The molecule has 0 aliphatic carbocycles. The van der Waals surface area contributed by atoms with Gasteiger partial charge in [-0.3, -0.25) is 4.57 Å². The molecule has 2 fully saturated rings. The lowest BCUT2D eigenvalue weighted by Gasteiger charge is -2.31. The normalized spacial score (nSPS) is 19.0. The van der Waals surface area contributed by atoms with Crippen molar-refractivity contribution < 1.29 is 4.74 Å². The van der Waals surface area contributed by atoms with Crippen molar-refractivity contribution in [3.05, 3.63) is 30.3 Å². The second kappa shape index (κ2) is 12.0. The maximum absolute atomic E-state index is 5.95. The molecule has 2 aliphatic heterocycles. The van der Waals surface area contributed by atoms with Crippen LogP contribution in [0.3, 0.4) is 0 Å². The van der Waals surface area contributed by atoms with E-state index >= 15 is 0 Å². The molecule has 0 saturated carbocycles. The third-order valence-corrected chi connectivity index (χ3v) is 7.95. The summed E-state index contributed by atoms with van der Waals surface area (Å²) in [5.41, 5.74) is 1.00. The van der Waals surface area contributed by atoms with Gasteiger partial charge in [-0.1, -0.05) is 55.4 Å². The number of piperidine rings is 1. The van der Waals surface area contributed by atoms with E-state index in [2.05, 4.69) is 42.0 Å². The van der Waals surface area contributed by atoms with Crippen LogP contribution in [0.2, 0.25) is 0 Å². The monoisotopic (exact) mass is 496 g/mol. The first kappa shape index (κ1) is 24.2. The van der Waals surface area contributed by atoms with Crippen molar-refractivity contribution in [3.63, 3.8) is 0 Å². The molecule has 4 heterocycles. The minimum absolute atomic E-state index is 0.281. The van der Waals surface area contributed by atoms with E-state index < -0.39 is 0 Å². The summed E-state index contributed by atoms with van der Waals surface area (Å²) in [6.07, 6.45) is 8.28. The number of unbranched alkanes of at least 4 members (excludes halogenated alkanes) is 2. The van der Waals surface area contributed by atoms with Gasteiger partial charge in [-0.2, -0.15) is 4.80 Å². The summed E-state index contributed by atoms with van der Waals surface area (Å²) in [4.78, 5) is 4.13. The summed E-state index contributed by atoms with van der Waals surface area (Å²) in [6.45, 7) is 7.00. The Kier molecular flexibility index (Phi) is 8.30. The van der Waals surface area contributed by atoms with Crippen molar-refractivity contribution >= 4 is 17.7 Å². The molecule has 10 heteroatoms. The number of rotatable bonds is 11. The molecule has 0 spiro atoms. The van der Waals surface area contributed by atoms with E-state index in [-0.39, 0.29) is 6.10 Å². The number of anilines is 1. The van der Waals surface area contributed by atoms with Gasteiger partial charge >= 0.3 is 0 Å². The van der Waals surface area contributed by atoms with Gasteiger partial charge < -0.3 is 9.64 Å². The van der Waals surface area contributed by atoms with Gasteiger partial charge in [0.15, 0.2) is 5.16 Å². The highest BCUT2D eigenvalue weighted by Crippen LogP contribution is 2.28. The Balaban J connectivity index is 1.10. The molecule has 1 atom stereocenters. The SMILES string of the molecule is CC1CCN(c2nnc(SCCCCCn3nnc(-c4ccccc4)n3)n2CC2CCCO2)CC1. The van der Waals surface area contributed by atoms with E-state index in [1.807, 2.05) is 42.1 Å². The third kappa shape index (κ3) is 6.41. The summed E-state index contributed by atoms with van der Waals surface area (Å²) >= 11 is 1.82. The predicted molar refractivity (Wildman–Crippen MR) is 137 cm³/mol. The van der Waals surface area contributed by atoms with E-state index in [0.717, 1.165) is 93.2 Å². The quantitative estimate of drug-likeness (QED) is 0.287. The molecule has 0 bridgehead atoms. The summed E-state index contributed by atoms with van der Waals surface area (Å²) in [6, 6.07) is 9.99. The molecule has 0 N–H and O–H groups in total. The van der Waals surface area contributed by atoms with Crippen molar-refractivity contribution in [1.29, 1.82) is 0 Å². The standard InChI is InChI=1S/C25H36N8OS/c1-20-12-15-31(16-13-20)24-27-28-25(32(24)19-22-11-8-17-34-22)35-18-7-3-6-14-33-29-23(26-30-33)21-9-4-2-5-10-21/h2,4-5,9-10,20,22H,3,6-8,11-19H2,1H3.